The van der Waals surface area contributed by atoms with Crippen LogP contribution in [-0.4, -0.2) is 0 Å². The molecule has 0 atom stereocenters. The SMILES string of the molecule is Cc1ccc(C(c2ccc(C)cc2)c2ccc(C3(c4ccc(N(c5ccc(C)cc5)c5ccc(C)cc5)cc4)CCCCC3)cc2)cc1.Cc1cccc(N(c2cccc(C)c2)c2ccc(-c3ccc(N(c4cccc(C)c4)c4cccc(C)c4)cc3C)c(C)c2)c1. The van der Waals surface area contributed by atoms with Crippen LogP contribution in [0.2, 0.25) is 0 Å². The van der Waals surface area contributed by atoms with Gasteiger partial charge >= 0.3 is 0 Å². The van der Waals surface area contributed by atoms with Gasteiger partial charge in [0.25, 0.3) is 0 Å². The summed E-state index contributed by atoms with van der Waals surface area (Å²) in [6.45, 7) is 21.7. The molecule has 1 saturated carbocycles. The minimum absolute atomic E-state index is 0.0249. The molecular weight excluding hydrogens is 1110 g/mol. The summed E-state index contributed by atoms with van der Waals surface area (Å²) < 4.78 is 0. The molecule has 0 heterocycles. The van der Waals surface area contributed by atoms with E-state index in [4.69, 9.17) is 0 Å². The summed E-state index contributed by atoms with van der Waals surface area (Å²) in [7, 11) is 0. The van der Waals surface area contributed by atoms with E-state index >= 15 is 0 Å². The second-order valence-corrected chi connectivity index (χ2v) is 26.1. The van der Waals surface area contributed by atoms with E-state index in [0.717, 1.165) is 34.1 Å². The zero-order valence-electron chi connectivity index (χ0n) is 55.5. The van der Waals surface area contributed by atoms with Crippen molar-refractivity contribution in [3.63, 3.8) is 0 Å². The number of hydrogen-bond acceptors (Lipinski definition) is 3. The fourth-order valence-electron chi connectivity index (χ4n) is 13.9. The molecule has 0 amide bonds. The molecule has 0 aromatic heterocycles. The van der Waals surface area contributed by atoms with Crippen molar-refractivity contribution < 1.29 is 0 Å². The first-order chi connectivity index (χ1) is 44.7. The van der Waals surface area contributed by atoms with Crippen LogP contribution in [0.4, 0.5) is 51.2 Å². The molecule has 1 fully saturated rings. The van der Waals surface area contributed by atoms with E-state index in [1.54, 1.807) is 0 Å². The Morgan fingerprint density at radius 1 is 0.239 bits per heavy atom. The van der Waals surface area contributed by atoms with Crippen molar-refractivity contribution in [1.82, 2.24) is 0 Å². The predicted molar refractivity (Wildman–Crippen MR) is 394 cm³/mol. The number of anilines is 9. The highest BCUT2D eigenvalue weighted by molar-refractivity contribution is 5.84. The normalized spacial score (nSPS) is 12.6. The number of aryl methyl sites for hydroxylation is 10. The average Bonchev–Trinajstić information content (AvgIpc) is 0.831. The third-order valence-corrected chi connectivity index (χ3v) is 18.9. The van der Waals surface area contributed by atoms with E-state index in [-0.39, 0.29) is 11.3 Å². The highest BCUT2D eigenvalue weighted by Crippen LogP contribution is 2.48. The Morgan fingerprint density at radius 3 is 0.815 bits per heavy atom. The van der Waals surface area contributed by atoms with Gasteiger partial charge in [-0.1, -0.05) is 211 Å². The zero-order valence-corrected chi connectivity index (χ0v) is 55.5. The van der Waals surface area contributed by atoms with Gasteiger partial charge < -0.3 is 14.7 Å². The fraction of sp³-hybridized carbons (Fsp3) is 0.191. The maximum absolute atomic E-state index is 2.44. The lowest BCUT2D eigenvalue weighted by atomic mass is 9.65. The van der Waals surface area contributed by atoms with Gasteiger partial charge in [-0.05, 0) is 264 Å². The fourth-order valence-corrected chi connectivity index (χ4v) is 13.9. The molecule has 0 saturated heterocycles. The minimum atomic E-state index is 0.0249. The first-order valence-electron chi connectivity index (χ1n) is 33.0. The van der Waals surface area contributed by atoms with Crippen LogP contribution in [0.15, 0.2) is 279 Å². The third-order valence-electron chi connectivity index (χ3n) is 18.9. The topological polar surface area (TPSA) is 9.72 Å². The Labute approximate surface area is 549 Å². The minimum Gasteiger partial charge on any atom is -0.311 e. The molecular formula is C89H87N3. The Balaban J connectivity index is 0.000000178. The lowest BCUT2D eigenvalue weighted by Crippen LogP contribution is -2.30. The van der Waals surface area contributed by atoms with Crippen molar-refractivity contribution >= 4 is 51.2 Å². The summed E-state index contributed by atoms with van der Waals surface area (Å²) in [5, 5.41) is 0. The van der Waals surface area contributed by atoms with Crippen LogP contribution in [-0.2, 0) is 5.41 Å². The van der Waals surface area contributed by atoms with E-state index < -0.39 is 0 Å². The van der Waals surface area contributed by atoms with Crippen LogP contribution in [0.3, 0.4) is 0 Å². The standard InChI is InChI=1S/C47H47N.C42H40N2/c1-34-8-16-38(17-9-34)46(39-18-10-35(2)11-19-39)40-20-22-41(23-21-40)47(32-6-5-7-33-47)42-24-30-45(31-25-42)48(43-26-12-36(3)13-27-43)44-28-14-37(4)15-29-44;1-29-11-7-15-35(23-29)43(36-16-8-12-30(2)24-36)39-19-21-41(33(5)27-39)42-22-20-40(28-34(42)6)44(37-17-9-13-31(3)25-37)38-18-10-14-32(4)26-38/h8-31,46H,5-7,32-33H2,1-4H3;7-28H,1-6H3. The van der Waals surface area contributed by atoms with Crippen LogP contribution < -0.4 is 14.7 Å². The molecule has 3 nitrogen and oxygen atoms in total. The predicted octanol–water partition coefficient (Wildman–Crippen LogP) is 25.0. The second-order valence-electron chi connectivity index (χ2n) is 26.1. The summed E-state index contributed by atoms with van der Waals surface area (Å²) in [5.74, 6) is 0.205. The molecule has 12 aromatic rings. The van der Waals surface area contributed by atoms with Gasteiger partial charge in [-0.15, -0.1) is 0 Å². The lowest BCUT2D eigenvalue weighted by molar-refractivity contribution is 0.346. The van der Waals surface area contributed by atoms with Gasteiger partial charge in [-0.25, -0.2) is 0 Å². The highest BCUT2D eigenvalue weighted by Gasteiger charge is 2.36. The number of hydrogen-bond donors (Lipinski definition) is 0. The molecule has 0 N–H and O–H groups in total. The van der Waals surface area contributed by atoms with Gasteiger partial charge in [0.05, 0.1) is 0 Å². The molecule has 0 aliphatic heterocycles. The van der Waals surface area contributed by atoms with E-state index in [1.807, 2.05) is 0 Å². The summed E-state index contributed by atoms with van der Waals surface area (Å²) in [4.78, 5) is 7.09. The first kappa shape index (κ1) is 62.2. The van der Waals surface area contributed by atoms with Crippen LogP contribution in [0.25, 0.3) is 11.1 Å². The summed E-state index contributed by atoms with van der Waals surface area (Å²) in [6.07, 6.45) is 6.21. The van der Waals surface area contributed by atoms with Gasteiger partial charge in [-0.3, -0.25) is 0 Å². The quantitative estimate of drug-likeness (QED) is 0.0947. The molecule has 458 valence electrons. The molecule has 13 rings (SSSR count). The Kier molecular flexibility index (Phi) is 18.7. The van der Waals surface area contributed by atoms with Crippen LogP contribution >= 0.6 is 0 Å². The molecule has 1 aliphatic rings. The van der Waals surface area contributed by atoms with Crippen molar-refractivity contribution in [2.75, 3.05) is 14.7 Å². The first-order valence-corrected chi connectivity index (χ1v) is 33.0. The molecule has 1 aliphatic carbocycles. The lowest BCUT2D eigenvalue weighted by Gasteiger charge is -2.39. The Hall–Kier alpha value is -9.96. The molecule has 92 heavy (non-hydrogen) atoms. The van der Waals surface area contributed by atoms with Crippen molar-refractivity contribution in [3.8, 4) is 11.1 Å². The van der Waals surface area contributed by atoms with Crippen LogP contribution in [0.5, 0.6) is 0 Å². The summed E-state index contributed by atoms with van der Waals surface area (Å²) in [6, 6.07) is 104. The van der Waals surface area contributed by atoms with Gasteiger partial charge in [-0.2, -0.15) is 0 Å². The molecule has 3 heteroatoms. The molecule has 12 aromatic carbocycles. The van der Waals surface area contributed by atoms with Crippen molar-refractivity contribution in [3.05, 3.63) is 363 Å². The molecule has 0 spiro atoms. The van der Waals surface area contributed by atoms with Gasteiger partial charge in [0.15, 0.2) is 0 Å². The third kappa shape index (κ3) is 13.8. The van der Waals surface area contributed by atoms with E-state index in [2.05, 4.69) is 363 Å². The number of nitrogens with zero attached hydrogens (tertiary/aromatic N) is 3. The van der Waals surface area contributed by atoms with E-state index in [0.29, 0.717) is 0 Å². The average molecular weight is 1200 g/mol. The van der Waals surface area contributed by atoms with E-state index in [1.165, 1.54) is 144 Å². The Bertz CT molecular complexity index is 3990. The van der Waals surface area contributed by atoms with Crippen molar-refractivity contribution in [1.29, 1.82) is 0 Å². The van der Waals surface area contributed by atoms with Gasteiger partial charge in [0, 0.05) is 62.5 Å². The Morgan fingerprint density at radius 2 is 0.500 bits per heavy atom. The van der Waals surface area contributed by atoms with Crippen LogP contribution in [0.1, 0.15) is 121 Å². The second kappa shape index (κ2) is 27.6. The van der Waals surface area contributed by atoms with Crippen molar-refractivity contribution in [2.45, 2.75) is 113 Å². The highest BCUT2D eigenvalue weighted by atomic mass is 15.2. The smallest absolute Gasteiger partial charge is 0.0464 e. The van der Waals surface area contributed by atoms with Gasteiger partial charge in [0.2, 0.25) is 0 Å². The molecule has 0 radical (unpaired) electrons. The summed E-state index contributed by atoms with van der Waals surface area (Å²) in [5.41, 5.74) is 32.5. The number of rotatable bonds is 15. The van der Waals surface area contributed by atoms with Crippen molar-refractivity contribution in [2.24, 2.45) is 0 Å². The maximum atomic E-state index is 2.44. The van der Waals surface area contributed by atoms with Gasteiger partial charge in [0.1, 0.15) is 0 Å². The zero-order chi connectivity index (χ0) is 63.9. The molecule has 0 unspecified atom stereocenters. The largest absolute Gasteiger partial charge is 0.311 e. The maximum Gasteiger partial charge on any atom is 0.0464 e. The summed E-state index contributed by atoms with van der Waals surface area (Å²) >= 11 is 0. The van der Waals surface area contributed by atoms with E-state index in [9.17, 15) is 0 Å². The number of benzene rings is 12. The molecule has 0 bridgehead atoms. The van der Waals surface area contributed by atoms with Crippen LogP contribution in [0, 0.1) is 69.2 Å². The monoisotopic (exact) mass is 1200 g/mol.